The Balaban J connectivity index is 1.69. The molecule has 0 spiro atoms. The third-order valence-corrected chi connectivity index (χ3v) is 3.53. The molecule has 3 aromatic rings. The Labute approximate surface area is 142 Å². The van der Waals surface area contributed by atoms with E-state index < -0.39 is 5.91 Å². The van der Waals surface area contributed by atoms with E-state index >= 15 is 0 Å². The molecule has 0 unspecified atom stereocenters. The Morgan fingerprint density at radius 3 is 2.88 bits per heavy atom. The van der Waals surface area contributed by atoms with Gasteiger partial charge in [-0.25, -0.2) is 14.1 Å². The van der Waals surface area contributed by atoms with E-state index in [9.17, 15) is 9.18 Å². The maximum atomic E-state index is 13.2. The van der Waals surface area contributed by atoms with E-state index in [1.165, 1.54) is 23.1 Å². The zero-order valence-corrected chi connectivity index (χ0v) is 13.5. The van der Waals surface area contributed by atoms with E-state index in [0.717, 1.165) is 5.56 Å². The van der Waals surface area contributed by atoms with Gasteiger partial charge in [-0.05, 0) is 24.6 Å². The summed E-state index contributed by atoms with van der Waals surface area (Å²) in [5, 5.41) is 11.0. The summed E-state index contributed by atoms with van der Waals surface area (Å²) in [6.07, 6.45) is 3.03. The van der Waals surface area contributed by atoms with Gasteiger partial charge in [-0.15, -0.1) is 5.10 Å². The Morgan fingerprint density at radius 1 is 1.33 bits per heavy atom. The summed E-state index contributed by atoms with van der Waals surface area (Å²) in [6.45, 7) is 2.83. The number of aromatic nitrogens is 5. The number of carbonyl (C=O) groups excluding carboxylic acids is 1. The van der Waals surface area contributed by atoms with Crippen molar-refractivity contribution in [3.05, 3.63) is 58.9 Å². The van der Waals surface area contributed by atoms with Crippen molar-refractivity contribution in [1.29, 1.82) is 0 Å². The number of hydrogen-bond acceptors (Lipinski definition) is 4. The summed E-state index contributed by atoms with van der Waals surface area (Å²) in [7, 11) is 0. The minimum Gasteiger partial charge on any atom is -0.288 e. The Hall–Kier alpha value is -2.74. The maximum Gasteiger partial charge on any atom is 0.280 e. The number of amides is 1. The summed E-state index contributed by atoms with van der Waals surface area (Å²) in [4.78, 5) is 16.2. The average molecular weight is 349 g/mol. The average Bonchev–Trinajstić information content (AvgIpc) is 3.13. The van der Waals surface area contributed by atoms with Crippen LogP contribution in [0.25, 0.3) is 0 Å². The smallest absolute Gasteiger partial charge is 0.280 e. The molecule has 1 N–H and O–H groups in total. The zero-order valence-electron chi connectivity index (χ0n) is 12.8. The first-order valence-corrected chi connectivity index (χ1v) is 7.61. The predicted octanol–water partition coefficient (Wildman–Crippen LogP) is 2.59. The van der Waals surface area contributed by atoms with Gasteiger partial charge < -0.3 is 0 Å². The highest BCUT2D eigenvalue weighted by Gasteiger charge is 2.17. The monoisotopic (exact) mass is 348 g/mol. The second kappa shape index (κ2) is 6.79. The molecule has 1 amide bonds. The summed E-state index contributed by atoms with van der Waals surface area (Å²) >= 11 is 5.99. The Kier molecular flexibility index (Phi) is 4.57. The molecule has 0 saturated carbocycles. The highest BCUT2D eigenvalue weighted by Crippen LogP contribution is 2.15. The van der Waals surface area contributed by atoms with Crippen molar-refractivity contribution in [2.45, 2.75) is 20.0 Å². The molecule has 0 aliphatic carbocycles. The van der Waals surface area contributed by atoms with Gasteiger partial charge >= 0.3 is 0 Å². The van der Waals surface area contributed by atoms with Gasteiger partial charge in [0.2, 0.25) is 5.95 Å². The lowest BCUT2D eigenvalue weighted by Gasteiger charge is -2.01. The quantitative estimate of drug-likeness (QED) is 0.768. The molecule has 0 radical (unpaired) electrons. The van der Waals surface area contributed by atoms with Crippen molar-refractivity contribution >= 4 is 23.5 Å². The molecule has 0 saturated heterocycles. The molecule has 0 bridgehead atoms. The first-order valence-electron chi connectivity index (χ1n) is 7.23. The third kappa shape index (κ3) is 3.60. The van der Waals surface area contributed by atoms with E-state index in [0.29, 0.717) is 13.1 Å². The third-order valence-electron chi connectivity index (χ3n) is 3.25. The first kappa shape index (κ1) is 16.1. The van der Waals surface area contributed by atoms with Crippen LogP contribution in [-0.4, -0.2) is 30.5 Å². The van der Waals surface area contributed by atoms with Crippen LogP contribution in [0, 0.1) is 5.82 Å². The first-order chi connectivity index (χ1) is 11.5. The summed E-state index contributed by atoms with van der Waals surface area (Å²) in [6, 6.07) is 6.18. The molecular weight excluding hydrogens is 335 g/mol. The van der Waals surface area contributed by atoms with Crippen LogP contribution in [0.5, 0.6) is 0 Å². The Bertz CT molecular complexity index is 874. The molecule has 2 aromatic heterocycles. The number of aryl methyl sites for hydroxylation is 1. The van der Waals surface area contributed by atoms with E-state index in [1.807, 2.05) is 6.92 Å². The molecule has 0 atom stereocenters. The van der Waals surface area contributed by atoms with Gasteiger partial charge in [-0.2, -0.15) is 5.10 Å². The molecule has 3 rings (SSSR count). The Morgan fingerprint density at radius 2 is 2.17 bits per heavy atom. The largest absolute Gasteiger partial charge is 0.288 e. The van der Waals surface area contributed by atoms with Crippen LogP contribution in [0.4, 0.5) is 10.3 Å². The van der Waals surface area contributed by atoms with E-state index in [2.05, 4.69) is 20.5 Å². The van der Waals surface area contributed by atoms with Gasteiger partial charge in [0.1, 0.15) is 12.1 Å². The van der Waals surface area contributed by atoms with Gasteiger partial charge in [-0.3, -0.25) is 14.8 Å². The molecule has 0 fully saturated rings. The number of rotatable bonds is 5. The zero-order chi connectivity index (χ0) is 17.1. The van der Waals surface area contributed by atoms with Crippen LogP contribution in [-0.2, 0) is 13.1 Å². The number of hydrogen-bond donors (Lipinski definition) is 1. The second-order valence-corrected chi connectivity index (χ2v) is 5.44. The number of anilines is 1. The number of nitrogens with one attached hydrogen (secondary N) is 1. The lowest BCUT2D eigenvalue weighted by Crippen LogP contribution is -2.15. The highest BCUT2D eigenvalue weighted by atomic mass is 35.5. The van der Waals surface area contributed by atoms with Crippen molar-refractivity contribution in [3.63, 3.8) is 0 Å². The van der Waals surface area contributed by atoms with Gasteiger partial charge in [-0.1, -0.05) is 23.7 Å². The number of nitrogens with zero attached hydrogens (tertiary/aromatic N) is 5. The summed E-state index contributed by atoms with van der Waals surface area (Å²) in [5.41, 5.74) is 0.850. The fraction of sp³-hybridized carbons (Fsp3) is 0.200. The lowest BCUT2D eigenvalue weighted by atomic mass is 10.2. The van der Waals surface area contributed by atoms with E-state index in [1.54, 1.807) is 23.0 Å². The molecule has 9 heteroatoms. The summed E-state index contributed by atoms with van der Waals surface area (Å²) < 4.78 is 16.2. The van der Waals surface area contributed by atoms with Crippen molar-refractivity contribution in [1.82, 2.24) is 24.5 Å². The van der Waals surface area contributed by atoms with Gasteiger partial charge in [0.25, 0.3) is 5.91 Å². The number of carbonyl (C=O) groups is 1. The predicted molar refractivity (Wildman–Crippen MR) is 86.4 cm³/mol. The second-order valence-electron chi connectivity index (χ2n) is 5.03. The molecule has 1 aromatic carbocycles. The molecule has 2 heterocycles. The normalized spacial score (nSPS) is 10.8. The fourth-order valence-corrected chi connectivity index (χ4v) is 2.36. The van der Waals surface area contributed by atoms with Crippen LogP contribution < -0.4 is 5.32 Å². The molecule has 0 aliphatic rings. The van der Waals surface area contributed by atoms with E-state index in [-0.39, 0.29) is 22.5 Å². The van der Waals surface area contributed by atoms with Gasteiger partial charge in [0.05, 0.1) is 11.6 Å². The van der Waals surface area contributed by atoms with Gasteiger partial charge in [0.15, 0.2) is 5.69 Å². The number of benzene rings is 1. The van der Waals surface area contributed by atoms with Crippen LogP contribution in [0.2, 0.25) is 5.02 Å². The molecule has 7 nitrogen and oxygen atoms in total. The van der Waals surface area contributed by atoms with Crippen molar-refractivity contribution in [3.8, 4) is 0 Å². The van der Waals surface area contributed by atoms with Crippen LogP contribution in [0.3, 0.4) is 0 Å². The highest BCUT2D eigenvalue weighted by molar-refractivity contribution is 6.34. The summed E-state index contributed by atoms with van der Waals surface area (Å²) in [5.74, 6) is -0.684. The van der Waals surface area contributed by atoms with Crippen LogP contribution in [0.15, 0.2) is 36.8 Å². The van der Waals surface area contributed by atoms with Gasteiger partial charge in [0, 0.05) is 12.7 Å². The van der Waals surface area contributed by atoms with Crippen molar-refractivity contribution < 1.29 is 9.18 Å². The topological polar surface area (TPSA) is 77.6 Å². The van der Waals surface area contributed by atoms with Crippen molar-refractivity contribution in [2.75, 3.05) is 5.32 Å². The molecule has 124 valence electrons. The lowest BCUT2D eigenvalue weighted by molar-refractivity contribution is 0.102. The molecule has 24 heavy (non-hydrogen) atoms. The van der Waals surface area contributed by atoms with Crippen molar-refractivity contribution in [2.24, 2.45) is 0 Å². The maximum absolute atomic E-state index is 13.2. The van der Waals surface area contributed by atoms with E-state index in [4.69, 9.17) is 11.6 Å². The fourth-order valence-electron chi connectivity index (χ4n) is 2.12. The van der Waals surface area contributed by atoms with Crippen LogP contribution in [0.1, 0.15) is 23.0 Å². The SMILES string of the molecule is CCn1cc(Cl)c(C(=O)Nc2ncn(Cc3cccc(F)c3)n2)n1. The minimum absolute atomic E-state index is 0.111. The molecule has 0 aliphatic heterocycles. The van der Waals surface area contributed by atoms with Crippen LogP contribution >= 0.6 is 11.6 Å². The molecular formula is C15H14ClFN6O. The standard InChI is InChI=1S/C15H14ClFN6O/c1-2-22-8-12(16)13(20-22)14(24)19-15-18-9-23(21-15)7-10-4-3-5-11(17)6-10/h3-6,8-9H,2,7H2,1H3,(H,19,21,24). The number of halogens is 2. The minimum atomic E-state index is -0.490.